The second-order valence-electron chi connectivity index (χ2n) is 6.43. The van der Waals surface area contributed by atoms with Gasteiger partial charge in [0.05, 0.1) is 6.04 Å². The molecule has 0 aliphatic carbocycles. The minimum atomic E-state index is 0.0193. The Hall–Kier alpha value is -3.09. The number of aromatic nitrogens is 5. The lowest BCUT2D eigenvalue weighted by Crippen LogP contribution is -2.16. The summed E-state index contributed by atoms with van der Waals surface area (Å²) >= 11 is 0. The summed E-state index contributed by atoms with van der Waals surface area (Å²) in [6.07, 6.45) is 5.36. The molecule has 3 aromatic heterocycles. The number of nitrogens with one attached hydrogen (secondary N) is 1. The van der Waals surface area contributed by atoms with Crippen LogP contribution < -0.4 is 10.2 Å². The third kappa shape index (κ3) is 3.93. The Bertz CT molecular complexity index is 894. The van der Waals surface area contributed by atoms with Crippen molar-refractivity contribution >= 4 is 11.8 Å². The highest BCUT2D eigenvalue weighted by molar-refractivity contribution is 5.54. The van der Waals surface area contributed by atoms with Gasteiger partial charge in [-0.25, -0.2) is 15.0 Å². The lowest BCUT2D eigenvalue weighted by Gasteiger charge is -2.19. The third-order valence-corrected chi connectivity index (χ3v) is 4.03. The quantitative estimate of drug-likeness (QED) is 0.757. The van der Waals surface area contributed by atoms with E-state index in [0.717, 1.165) is 28.3 Å². The molecule has 134 valence electrons. The Balaban J connectivity index is 1.83. The van der Waals surface area contributed by atoms with E-state index in [9.17, 15) is 0 Å². The molecule has 0 spiro atoms. The molecule has 0 aliphatic rings. The molecule has 0 unspecified atom stereocenters. The number of anilines is 2. The maximum Gasteiger partial charge on any atom is 0.226 e. The molecule has 7 nitrogen and oxygen atoms in total. The van der Waals surface area contributed by atoms with Crippen molar-refractivity contribution in [3.63, 3.8) is 0 Å². The van der Waals surface area contributed by atoms with Crippen LogP contribution in [0.2, 0.25) is 0 Å². The van der Waals surface area contributed by atoms with Crippen LogP contribution in [-0.4, -0.2) is 39.0 Å². The molecule has 3 heterocycles. The van der Waals surface area contributed by atoms with Crippen LogP contribution in [0.4, 0.5) is 11.8 Å². The zero-order valence-electron chi connectivity index (χ0n) is 15.7. The van der Waals surface area contributed by atoms with Crippen LogP contribution in [0.1, 0.15) is 29.9 Å². The van der Waals surface area contributed by atoms with Crippen LogP contribution in [0.5, 0.6) is 0 Å². The number of nitrogens with zero attached hydrogens (tertiary/aromatic N) is 6. The Morgan fingerprint density at radius 2 is 1.77 bits per heavy atom. The van der Waals surface area contributed by atoms with E-state index in [1.807, 2.05) is 57.2 Å². The first-order valence-corrected chi connectivity index (χ1v) is 8.47. The van der Waals surface area contributed by atoms with E-state index >= 15 is 0 Å². The number of rotatable bonds is 5. The van der Waals surface area contributed by atoms with Crippen LogP contribution in [0.25, 0.3) is 11.4 Å². The first kappa shape index (κ1) is 17.7. The highest BCUT2D eigenvalue weighted by atomic mass is 15.2. The predicted molar refractivity (Wildman–Crippen MR) is 103 cm³/mol. The van der Waals surface area contributed by atoms with Crippen molar-refractivity contribution in [3.8, 4) is 11.4 Å². The molecule has 26 heavy (non-hydrogen) atoms. The molecule has 0 bridgehead atoms. The topological polar surface area (TPSA) is 79.7 Å². The first-order chi connectivity index (χ1) is 12.4. The summed E-state index contributed by atoms with van der Waals surface area (Å²) in [6.45, 7) is 6.03. The van der Waals surface area contributed by atoms with Crippen LogP contribution in [0.3, 0.4) is 0 Å². The zero-order chi connectivity index (χ0) is 18.7. The fraction of sp³-hybridized carbons (Fsp3) is 0.316. The normalized spacial score (nSPS) is 11.9. The lowest BCUT2D eigenvalue weighted by atomic mass is 10.1. The lowest BCUT2D eigenvalue weighted by molar-refractivity contribution is 0.833. The van der Waals surface area contributed by atoms with E-state index < -0.39 is 0 Å². The molecular weight excluding hydrogens is 326 g/mol. The van der Waals surface area contributed by atoms with Gasteiger partial charge >= 0.3 is 0 Å². The second-order valence-corrected chi connectivity index (χ2v) is 6.43. The molecule has 7 heteroatoms. The summed E-state index contributed by atoms with van der Waals surface area (Å²) in [5.74, 6) is 2.17. The Kier molecular flexibility index (Phi) is 5.06. The van der Waals surface area contributed by atoms with Gasteiger partial charge in [0.25, 0.3) is 0 Å². The van der Waals surface area contributed by atoms with Crippen molar-refractivity contribution in [2.24, 2.45) is 0 Å². The zero-order valence-corrected chi connectivity index (χ0v) is 15.7. The van der Waals surface area contributed by atoms with Crippen molar-refractivity contribution in [1.82, 2.24) is 24.9 Å². The van der Waals surface area contributed by atoms with Gasteiger partial charge in [0.2, 0.25) is 5.95 Å². The molecule has 0 aromatic carbocycles. The van der Waals surface area contributed by atoms with Crippen LogP contribution in [-0.2, 0) is 0 Å². The minimum Gasteiger partial charge on any atom is -0.363 e. The average molecular weight is 349 g/mol. The van der Waals surface area contributed by atoms with Crippen molar-refractivity contribution in [3.05, 3.63) is 53.7 Å². The van der Waals surface area contributed by atoms with E-state index in [1.54, 1.807) is 12.4 Å². The van der Waals surface area contributed by atoms with Gasteiger partial charge < -0.3 is 10.2 Å². The molecule has 0 radical (unpaired) electrons. The molecule has 0 saturated heterocycles. The Labute approximate surface area is 153 Å². The minimum absolute atomic E-state index is 0.0193. The van der Waals surface area contributed by atoms with Crippen molar-refractivity contribution in [2.75, 3.05) is 24.3 Å². The fourth-order valence-corrected chi connectivity index (χ4v) is 2.67. The van der Waals surface area contributed by atoms with Crippen molar-refractivity contribution in [1.29, 1.82) is 0 Å². The largest absolute Gasteiger partial charge is 0.363 e. The summed E-state index contributed by atoms with van der Waals surface area (Å²) < 4.78 is 0. The van der Waals surface area contributed by atoms with Gasteiger partial charge in [0.1, 0.15) is 5.82 Å². The van der Waals surface area contributed by atoms with Gasteiger partial charge in [-0.1, -0.05) is 0 Å². The van der Waals surface area contributed by atoms with E-state index in [-0.39, 0.29) is 6.04 Å². The van der Waals surface area contributed by atoms with Crippen molar-refractivity contribution < 1.29 is 0 Å². The van der Waals surface area contributed by atoms with Gasteiger partial charge in [0, 0.05) is 61.3 Å². The molecule has 0 amide bonds. The molecule has 0 aliphatic heterocycles. The van der Waals surface area contributed by atoms with Crippen LogP contribution >= 0.6 is 0 Å². The Morgan fingerprint density at radius 1 is 1.04 bits per heavy atom. The summed E-state index contributed by atoms with van der Waals surface area (Å²) in [7, 11) is 3.86. The number of hydrogen-bond acceptors (Lipinski definition) is 7. The molecular formula is C19H23N7. The number of pyridine rings is 1. The van der Waals surface area contributed by atoms with E-state index in [4.69, 9.17) is 0 Å². The predicted octanol–water partition coefficient (Wildman–Crippen LogP) is 3.18. The third-order valence-electron chi connectivity index (χ3n) is 4.03. The standard InChI is InChI=1S/C19H23N7/c1-12-10-17(25-19(22-12)26(4)5)23-13(2)16-11-21-18(24-14(16)3)15-6-8-20-9-7-15/h6-11,13H,1-5H3,(H,22,23,25)/t13-/m0/s1. The van der Waals surface area contributed by atoms with Crippen LogP contribution in [0, 0.1) is 13.8 Å². The summed E-state index contributed by atoms with van der Waals surface area (Å²) in [5.41, 5.74) is 3.84. The number of hydrogen-bond donors (Lipinski definition) is 1. The molecule has 0 fully saturated rings. The van der Waals surface area contributed by atoms with E-state index in [2.05, 4.69) is 37.2 Å². The fourth-order valence-electron chi connectivity index (χ4n) is 2.67. The van der Waals surface area contributed by atoms with Crippen molar-refractivity contribution in [2.45, 2.75) is 26.8 Å². The monoisotopic (exact) mass is 349 g/mol. The smallest absolute Gasteiger partial charge is 0.226 e. The van der Waals surface area contributed by atoms with E-state index in [1.165, 1.54) is 0 Å². The average Bonchev–Trinajstić information content (AvgIpc) is 2.61. The maximum atomic E-state index is 4.65. The molecule has 1 atom stereocenters. The van der Waals surface area contributed by atoms with Gasteiger partial charge in [0.15, 0.2) is 5.82 Å². The summed E-state index contributed by atoms with van der Waals surface area (Å²) in [4.78, 5) is 24.1. The van der Waals surface area contributed by atoms with Crippen LogP contribution in [0.15, 0.2) is 36.8 Å². The van der Waals surface area contributed by atoms with Gasteiger partial charge in [-0.3, -0.25) is 4.98 Å². The summed E-state index contributed by atoms with van der Waals surface area (Å²) in [5, 5.41) is 3.43. The maximum absolute atomic E-state index is 4.65. The SMILES string of the molecule is Cc1cc(N[C@@H](C)c2cnc(-c3ccncc3)nc2C)nc(N(C)C)n1. The number of aryl methyl sites for hydroxylation is 2. The molecule has 3 rings (SSSR count). The van der Waals surface area contributed by atoms with Gasteiger partial charge in [-0.2, -0.15) is 4.98 Å². The second kappa shape index (κ2) is 7.43. The first-order valence-electron chi connectivity index (χ1n) is 8.47. The molecule has 1 N–H and O–H groups in total. The van der Waals surface area contributed by atoms with Gasteiger partial charge in [-0.15, -0.1) is 0 Å². The molecule has 3 aromatic rings. The highest BCUT2D eigenvalue weighted by Crippen LogP contribution is 2.23. The highest BCUT2D eigenvalue weighted by Gasteiger charge is 2.13. The molecule has 0 saturated carbocycles. The Morgan fingerprint density at radius 3 is 2.42 bits per heavy atom. The van der Waals surface area contributed by atoms with E-state index in [0.29, 0.717) is 11.8 Å². The summed E-state index contributed by atoms with van der Waals surface area (Å²) in [6, 6.07) is 5.77. The van der Waals surface area contributed by atoms with Gasteiger partial charge in [-0.05, 0) is 32.9 Å².